The Kier molecular flexibility index (Phi) is 5.23. The van der Waals surface area contributed by atoms with E-state index in [-0.39, 0.29) is 23.3 Å². The van der Waals surface area contributed by atoms with Crippen molar-refractivity contribution >= 4 is 17.5 Å². The highest BCUT2D eigenvalue weighted by Crippen LogP contribution is 2.21. The van der Waals surface area contributed by atoms with Crippen molar-refractivity contribution in [3.63, 3.8) is 0 Å². The van der Waals surface area contributed by atoms with Crippen molar-refractivity contribution in [1.29, 1.82) is 0 Å². The number of rotatable bonds is 4. The summed E-state index contributed by atoms with van der Waals surface area (Å²) in [5.41, 5.74) is 0.225. The fourth-order valence-electron chi connectivity index (χ4n) is 2.26. The van der Waals surface area contributed by atoms with Crippen LogP contribution >= 0.6 is 11.6 Å². The summed E-state index contributed by atoms with van der Waals surface area (Å²) in [6, 6.07) is 4.43. The number of nitrogens with one attached hydrogen (secondary N) is 1. The van der Waals surface area contributed by atoms with E-state index in [1.54, 1.807) is 6.07 Å². The molecule has 0 spiro atoms. The lowest BCUT2D eigenvalue weighted by Crippen LogP contribution is -2.40. The summed E-state index contributed by atoms with van der Waals surface area (Å²) in [5, 5.41) is 22.2. The molecular formula is C14H19ClN2O3. The van der Waals surface area contributed by atoms with Gasteiger partial charge in [0.05, 0.1) is 11.7 Å². The Labute approximate surface area is 123 Å². The topological polar surface area (TPSA) is 72.8 Å². The third kappa shape index (κ3) is 4.10. The van der Waals surface area contributed by atoms with E-state index in [1.165, 1.54) is 12.1 Å². The molecule has 1 aromatic rings. The average Bonchev–Trinajstić information content (AvgIpc) is 2.41. The highest BCUT2D eigenvalue weighted by Gasteiger charge is 2.17. The van der Waals surface area contributed by atoms with Gasteiger partial charge in [0.2, 0.25) is 0 Å². The summed E-state index contributed by atoms with van der Waals surface area (Å²) in [5.74, 6) is -0.424. The van der Waals surface area contributed by atoms with E-state index in [1.807, 2.05) is 0 Å². The van der Waals surface area contributed by atoms with Crippen LogP contribution in [-0.4, -0.2) is 53.3 Å². The van der Waals surface area contributed by atoms with Gasteiger partial charge in [-0.1, -0.05) is 11.6 Å². The Morgan fingerprint density at radius 2 is 2.10 bits per heavy atom. The van der Waals surface area contributed by atoms with Gasteiger partial charge in [0.25, 0.3) is 5.91 Å². The maximum absolute atomic E-state index is 11.9. The van der Waals surface area contributed by atoms with E-state index in [0.29, 0.717) is 11.6 Å². The van der Waals surface area contributed by atoms with E-state index < -0.39 is 0 Å². The largest absolute Gasteiger partial charge is 0.507 e. The summed E-state index contributed by atoms with van der Waals surface area (Å²) in [7, 11) is 0. The second-order valence-corrected chi connectivity index (χ2v) is 5.43. The summed E-state index contributed by atoms with van der Waals surface area (Å²) in [6.45, 7) is 2.95. The van der Waals surface area contributed by atoms with Gasteiger partial charge in [0.15, 0.2) is 0 Å². The Balaban J connectivity index is 1.77. The molecule has 5 nitrogen and oxygen atoms in total. The normalized spacial score (nSPS) is 17.1. The maximum Gasteiger partial charge on any atom is 0.255 e. The predicted octanol–water partition coefficient (Wildman–Crippen LogP) is 1.23. The van der Waals surface area contributed by atoms with Crippen LogP contribution in [0.25, 0.3) is 0 Å². The number of nitrogens with zero attached hydrogens (tertiary/aromatic N) is 1. The van der Waals surface area contributed by atoms with Crippen LogP contribution in [0.15, 0.2) is 18.2 Å². The quantitative estimate of drug-likeness (QED) is 0.782. The van der Waals surface area contributed by atoms with Gasteiger partial charge in [0, 0.05) is 31.2 Å². The molecular weight excluding hydrogens is 280 g/mol. The van der Waals surface area contributed by atoms with Crippen molar-refractivity contribution in [1.82, 2.24) is 10.2 Å². The van der Waals surface area contributed by atoms with Crippen LogP contribution in [0.2, 0.25) is 5.02 Å². The first-order valence-electron chi connectivity index (χ1n) is 6.73. The Morgan fingerprint density at radius 3 is 2.75 bits per heavy atom. The van der Waals surface area contributed by atoms with Crippen LogP contribution in [0, 0.1) is 0 Å². The van der Waals surface area contributed by atoms with Crippen molar-refractivity contribution in [2.45, 2.75) is 18.9 Å². The number of aromatic hydroxyl groups is 1. The third-order valence-corrected chi connectivity index (χ3v) is 3.71. The van der Waals surface area contributed by atoms with Crippen molar-refractivity contribution < 1.29 is 15.0 Å². The Hall–Kier alpha value is -1.30. The Morgan fingerprint density at radius 1 is 1.40 bits per heavy atom. The number of aliphatic hydroxyl groups is 1. The average molecular weight is 299 g/mol. The van der Waals surface area contributed by atoms with Gasteiger partial charge in [-0.3, -0.25) is 4.79 Å². The van der Waals surface area contributed by atoms with E-state index in [0.717, 1.165) is 32.5 Å². The second-order valence-electron chi connectivity index (χ2n) is 4.99. The molecule has 110 valence electrons. The molecule has 0 bridgehead atoms. The molecule has 2 rings (SSSR count). The molecule has 0 unspecified atom stereocenters. The number of phenols is 1. The number of benzene rings is 1. The minimum atomic E-state index is -0.309. The molecule has 1 aliphatic heterocycles. The first-order chi connectivity index (χ1) is 9.56. The predicted molar refractivity (Wildman–Crippen MR) is 77.1 cm³/mol. The number of hydrogen-bond donors (Lipinski definition) is 3. The molecule has 1 aliphatic rings. The first-order valence-corrected chi connectivity index (χ1v) is 7.11. The van der Waals surface area contributed by atoms with Gasteiger partial charge in [-0.05, 0) is 31.0 Å². The zero-order valence-electron chi connectivity index (χ0n) is 11.2. The van der Waals surface area contributed by atoms with Crippen molar-refractivity contribution in [2.24, 2.45) is 0 Å². The van der Waals surface area contributed by atoms with E-state index in [4.69, 9.17) is 11.6 Å². The van der Waals surface area contributed by atoms with Crippen LogP contribution in [-0.2, 0) is 0 Å². The molecule has 1 fully saturated rings. The van der Waals surface area contributed by atoms with Crippen molar-refractivity contribution in [3.05, 3.63) is 28.8 Å². The smallest absolute Gasteiger partial charge is 0.255 e. The number of carbonyl (C=O) groups is 1. The molecule has 3 N–H and O–H groups in total. The minimum absolute atomic E-state index is 0.115. The number of amides is 1. The molecule has 0 atom stereocenters. The molecule has 20 heavy (non-hydrogen) atoms. The van der Waals surface area contributed by atoms with Crippen molar-refractivity contribution in [2.75, 3.05) is 26.2 Å². The lowest BCUT2D eigenvalue weighted by molar-refractivity contribution is 0.0804. The van der Waals surface area contributed by atoms with Crippen LogP contribution in [0.5, 0.6) is 5.75 Å². The highest BCUT2D eigenvalue weighted by atomic mass is 35.5. The van der Waals surface area contributed by atoms with Crippen LogP contribution in [0.3, 0.4) is 0 Å². The van der Waals surface area contributed by atoms with Gasteiger partial charge >= 0.3 is 0 Å². The molecule has 0 radical (unpaired) electrons. The molecule has 0 aliphatic carbocycles. The maximum atomic E-state index is 11.9. The Bertz CT molecular complexity index is 473. The van der Waals surface area contributed by atoms with Gasteiger partial charge in [-0.25, -0.2) is 0 Å². The monoisotopic (exact) mass is 298 g/mol. The van der Waals surface area contributed by atoms with E-state index in [9.17, 15) is 15.0 Å². The van der Waals surface area contributed by atoms with Gasteiger partial charge < -0.3 is 20.4 Å². The molecule has 1 heterocycles. The number of phenolic OH excluding ortho intramolecular Hbond substituents is 1. The summed E-state index contributed by atoms with van der Waals surface area (Å²) >= 11 is 5.72. The SMILES string of the molecule is O=C(NCCN1CCC(O)CC1)c1ccc(Cl)cc1O. The summed E-state index contributed by atoms with van der Waals surface area (Å²) in [6.07, 6.45) is 1.38. The number of hydrogen-bond acceptors (Lipinski definition) is 4. The zero-order valence-corrected chi connectivity index (χ0v) is 11.9. The molecule has 1 saturated heterocycles. The third-order valence-electron chi connectivity index (χ3n) is 3.48. The zero-order chi connectivity index (χ0) is 14.5. The van der Waals surface area contributed by atoms with Crippen molar-refractivity contribution in [3.8, 4) is 5.75 Å². The van der Waals surface area contributed by atoms with Gasteiger partial charge in [-0.2, -0.15) is 0 Å². The molecule has 1 amide bonds. The fraction of sp³-hybridized carbons (Fsp3) is 0.500. The molecule has 0 aromatic heterocycles. The van der Waals surface area contributed by atoms with Gasteiger partial charge in [-0.15, -0.1) is 0 Å². The van der Waals surface area contributed by atoms with Crippen LogP contribution in [0.1, 0.15) is 23.2 Å². The number of piperidine rings is 1. The van der Waals surface area contributed by atoms with E-state index in [2.05, 4.69) is 10.2 Å². The summed E-state index contributed by atoms with van der Waals surface area (Å²) < 4.78 is 0. The van der Waals surface area contributed by atoms with Crippen LogP contribution < -0.4 is 5.32 Å². The van der Waals surface area contributed by atoms with E-state index >= 15 is 0 Å². The molecule has 0 saturated carbocycles. The van der Waals surface area contributed by atoms with Gasteiger partial charge in [0.1, 0.15) is 5.75 Å². The second kappa shape index (κ2) is 6.92. The fourth-order valence-corrected chi connectivity index (χ4v) is 2.43. The number of likely N-dealkylation sites (tertiary alicyclic amines) is 1. The number of aliphatic hydroxyl groups excluding tert-OH is 1. The summed E-state index contributed by atoms with van der Waals surface area (Å²) in [4.78, 5) is 14.1. The minimum Gasteiger partial charge on any atom is -0.507 e. The molecule has 1 aromatic carbocycles. The first kappa shape index (κ1) is 15.1. The lowest BCUT2D eigenvalue weighted by atomic mass is 10.1. The van der Waals surface area contributed by atoms with Crippen LogP contribution in [0.4, 0.5) is 0 Å². The number of halogens is 1. The lowest BCUT2D eigenvalue weighted by Gasteiger charge is -2.29. The number of carbonyl (C=O) groups excluding carboxylic acids is 1. The molecule has 6 heteroatoms. The highest BCUT2D eigenvalue weighted by molar-refractivity contribution is 6.30. The standard InChI is InChI=1S/C14H19ClN2O3/c15-10-1-2-12(13(19)9-10)14(20)16-5-8-17-6-3-11(18)4-7-17/h1-2,9,11,18-19H,3-8H2,(H,16,20).